The molecule has 0 aliphatic heterocycles. The highest BCUT2D eigenvalue weighted by Crippen LogP contribution is 2.27. The summed E-state index contributed by atoms with van der Waals surface area (Å²) >= 11 is 0. The van der Waals surface area contributed by atoms with Crippen LogP contribution in [0, 0.1) is 28.4 Å². The van der Waals surface area contributed by atoms with E-state index in [1.807, 2.05) is 0 Å². The number of para-hydroxylation sites is 1. The molecule has 2 aromatic heterocycles. The van der Waals surface area contributed by atoms with E-state index in [-0.39, 0.29) is 17.2 Å². The number of sulfonamides is 1. The molecule has 0 amide bonds. The third kappa shape index (κ3) is 3.80. The van der Waals surface area contributed by atoms with Gasteiger partial charge in [0.2, 0.25) is 0 Å². The van der Waals surface area contributed by atoms with Crippen LogP contribution in [-0.4, -0.2) is 37.5 Å². The maximum absolute atomic E-state index is 13.1. The van der Waals surface area contributed by atoms with Crippen LogP contribution in [0.1, 0.15) is 11.5 Å². The lowest BCUT2D eigenvalue weighted by atomic mass is 10.3. The molecule has 0 saturated heterocycles. The van der Waals surface area contributed by atoms with E-state index in [0.29, 0.717) is 11.4 Å². The van der Waals surface area contributed by atoms with Crippen molar-refractivity contribution in [2.24, 2.45) is 7.05 Å². The summed E-state index contributed by atoms with van der Waals surface area (Å²) < 4.78 is 32.2. The van der Waals surface area contributed by atoms with Gasteiger partial charge in [0.1, 0.15) is 23.8 Å². The first-order valence-corrected chi connectivity index (χ1v) is 11.1. The van der Waals surface area contributed by atoms with Crippen molar-refractivity contribution in [1.29, 1.82) is 5.26 Å². The monoisotopic (exact) mass is 480 g/mol. The van der Waals surface area contributed by atoms with Gasteiger partial charge in [-0.15, -0.1) is 5.10 Å². The molecule has 0 spiro atoms. The minimum Gasteiger partial charge on any atom is -0.283 e. The van der Waals surface area contributed by atoms with Gasteiger partial charge < -0.3 is 0 Å². The van der Waals surface area contributed by atoms with Crippen LogP contribution < -0.4 is 10.3 Å². The highest BCUT2D eigenvalue weighted by Gasteiger charge is 2.26. The van der Waals surface area contributed by atoms with Crippen molar-refractivity contribution in [2.75, 3.05) is 4.72 Å². The van der Waals surface area contributed by atoms with E-state index in [2.05, 4.69) is 14.8 Å². The topological polar surface area (TPSA) is 171 Å². The lowest BCUT2D eigenvalue weighted by molar-refractivity contribution is -0.384. The summed E-state index contributed by atoms with van der Waals surface area (Å²) in [6, 6.07) is 13.5. The smallest absolute Gasteiger partial charge is 0.283 e. The van der Waals surface area contributed by atoms with Crippen molar-refractivity contribution in [3.63, 3.8) is 0 Å². The van der Waals surface area contributed by atoms with Gasteiger partial charge in [-0.05, 0) is 31.2 Å². The predicted molar refractivity (Wildman–Crippen MR) is 119 cm³/mol. The molecule has 0 aliphatic rings. The van der Waals surface area contributed by atoms with Crippen LogP contribution in [0.5, 0.6) is 0 Å². The fourth-order valence-corrected chi connectivity index (χ4v) is 4.46. The van der Waals surface area contributed by atoms with Gasteiger partial charge in [-0.25, -0.2) is 22.8 Å². The Labute approximate surface area is 192 Å². The molecule has 0 atom stereocenters. The molecular weight excluding hydrogens is 464 g/mol. The Kier molecular flexibility index (Phi) is 5.47. The number of nitrogens with zero attached hydrogens (tertiary/aromatic N) is 7. The SMILES string of the molecule is Cc1c(NS(=O)(=O)c2ccc(-n3cnc(C#N)n3)c([N+](=O)[O-])c2)c(=O)n(-c2ccccc2)n1C. The van der Waals surface area contributed by atoms with Gasteiger partial charge in [0, 0.05) is 13.1 Å². The molecule has 2 heterocycles. The molecule has 0 radical (unpaired) electrons. The predicted octanol–water partition coefficient (Wildman–Crippen LogP) is 1.65. The number of nitro groups is 1. The first kappa shape index (κ1) is 22.4. The van der Waals surface area contributed by atoms with Gasteiger partial charge in [0.25, 0.3) is 27.1 Å². The van der Waals surface area contributed by atoms with E-state index >= 15 is 0 Å². The number of hydrogen-bond acceptors (Lipinski definition) is 8. The Balaban J connectivity index is 1.77. The van der Waals surface area contributed by atoms with Crippen LogP contribution in [0.3, 0.4) is 0 Å². The van der Waals surface area contributed by atoms with Gasteiger partial charge in [-0.1, -0.05) is 18.2 Å². The van der Waals surface area contributed by atoms with Crippen molar-refractivity contribution >= 4 is 21.4 Å². The molecule has 1 N–H and O–H groups in total. The molecule has 0 bridgehead atoms. The molecule has 14 heteroatoms. The molecule has 0 aliphatic carbocycles. The maximum atomic E-state index is 13.1. The van der Waals surface area contributed by atoms with Crippen LogP contribution in [0.4, 0.5) is 11.4 Å². The van der Waals surface area contributed by atoms with Gasteiger partial charge in [0.15, 0.2) is 0 Å². The van der Waals surface area contributed by atoms with E-state index in [0.717, 1.165) is 23.1 Å². The van der Waals surface area contributed by atoms with E-state index in [1.165, 1.54) is 15.4 Å². The summed E-state index contributed by atoms with van der Waals surface area (Å²) in [6.45, 7) is 1.57. The molecule has 4 aromatic rings. The van der Waals surface area contributed by atoms with Crippen molar-refractivity contribution < 1.29 is 13.3 Å². The third-order valence-corrected chi connectivity index (χ3v) is 6.43. The summed E-state index contributed by atoms with van der Waals surface area (Å²) in [6.07, 6.45) is 1.10. The summed E-state index contributed by atoms with van der Waals surface area (Å²) in [4.78, 5) is 27.1. The van der Waals surface area contributed by atoms with Crippen molar-refractivity contribution in [2.45, 2.75) is 11.8 Å². The van der Waals surface area contributed by atoms with E-state index in [4.69, 9.17) is 5.26 Å². The van der Waals surface area contributed by atoms with Crippen LogP contribution in [-0.2, 0) is 17.1 Å². The number of rotatable bonds is 6. The Bertz CT molecular complexity index is 1630. The highest BCUT2D eigenvalue weighted by atomic mass is 32.2. The number of nitrogens with one attached hydrogen (secondary N) is 1. The molecule has 13 nitrogen and oxygen atoms in total. The molecular formula is C20H16N8O5S. The van der Waals surface area contributed by atoms with Gasteiger partial charge in [-0.3, -0.25) is 24.3 Å². The third-order valence-electron chi connectivity index (χ3n) is 5.08. The zero-order chi connectivity index (χ0) is 24.6. The maximum Gasteiger partial charge on any atom is 0.296 e. The summed E-state index contributed by atoms with van der Waals surface area (Å²) in [7, 11) is -2.77. The van der Waals surface area contributed by atoms with Crippen molar-refractivity contribution in [3.8, 4) is 17.4 Å². The lowest BCUT2D eigenvalue weighted by Gasteiger charge is -2.09. The van der Waals surface area contributed by atoms with Gasteiger partial charge >= 0.3 is 0 Å². The second kappa shape index (κ2) is 8.30. The number of benzene rings is 2. The van der Waals surface area contributed by atoms with E-state index < -0.39 is 31.1 Å². The molecule has 4 rings (SSSR count). The number of anilines is 1. The molecule has 0 unspecified atom stereocenters. The average Bonchev–Trinajstić information content (AvgIpc) is 3.38. The highest BCUT2D eigenvalue weighted by molar-refractivity contribution is 7.92. The molecule has 34 heavy (non-hydrogen) atoms. The molecule has 2 aromatic carbocycles. The Morgan fingerprint density at radius 3 is 2.50 bits per heavy atom. The summed E-state index contributed by atoms with van der Waals surface area (Å²) in [5, 5.41) is 24.3. The standard InChI is InChI=1S/C20H16N8O5S/c1-13-19(20(29)27(25(13)2)14-6-4-3-5-7-14)24-34(32,33)15-8-9-16(17(10-15)28(30)31)26-12-22-18(11-21)23-26/h3-10,12,24H,1-2H3. The molecule has 172 valence electrons. The Morgan fingerprint density at radius 1 is 1.18 bits per heavy atom. The molecule has 0 fully saturated rings. The second-order valence-electron chi connectivity index (χ2n) is 7.07. The molecule has 0 saturated carbocycles. The van der Waals surface area contributed by atoms with Crippen LogP contribution in [0.2, 0.25) is 0 Å². The first-order chi connectivity index (χ1) is 16.1. The van der Waals surface area contributed by atoms with Crippen LogP contribution >= 0.6 is 0 Å². The zero-order valence-corrected chi connectivity index (χ0v) is 18.6. The van der Waals surface area contributed by atoms with E-state index in [9.17, 15) is 23.3 Å². The number of aromatic nitrogens is 5. The normalized spacial score (nSPS) is 11.2. The Morgan fingerprint density at radius 2 is 1.88 bits per heavy atom. The lowest BCUT2D eigenvalue weighted by Crippen LogP contribution is -2.23. The zero-order valence-electron chi connectivity index (χ0n) is 17.8. The fourth-order valence-electron chi connectivity index (χ4n) is 3.32. The van der Waals surface area contributed by atoms with Crippen molar-refractivity contribution in [3.05, 3.63) is 86.8 Å². The first-order valence-electron chi connectivity index (χ1n) is 9.61. The summed E-state index contributed by atoms with van der Waals surface area (Å²) in [5.41, 5.74) is -0.576. The fraction of sp³-hybridized carbons (Fsp3) is 0.100. The summed E-state index contributed by atoms with van der Waals surface area (Å²) in [5.74, 6) is -0.207. The number of nitro benzene ring substituents is 1. The van der Waals surface area contributed by atoms with Crippen LogP contribution in [0.15, 0.2) is 64.5 Å². The van der Waals surface area contributed by atoms with Gasteiger partial charge in [0.05, 0.1) is 21.2 Å². The number of hydrogen-bond donors (Lipinski definition) is 1. The quantitative estimate of drug-likeness (QED) is 0.320. The minimum atomic E-state index is -4.38. The van der Waals surface area contributed by atoms with Gasteiger partial charge in [-0.2, -0.15) is 5.26 Å². The second-order valence-corrected chi connectivity index (χ2v) is 8.76. The average molecular weight is 480 g/mol. The van der Waals surface area contributed by atoms with Crippen LogP contribution in [0.25, 0.3) is 11.4 Å². The Hall–Kier alpha value is -4.77. The minimum absolute atomic E-state index is 0.0831. The van der Waals surface area contributed by atoms with E-state index in [1.54, 1.807) is 50.4 Å². The number of nitriles is 1. The largest absolute Gasteiger partial charge is 0.296 e. The van der Waals surface area contributed by atoms with Crippen molar-refractivity contribution in [1.82, 2.24) is 24.1 Å².